The van der Waals surface area contributed by atoms with Gasteiger partial charge < -0.3 is 10.1 Å². The van der Waals surface area contributed by atoms with Crippen molar-refractivity contribution in [1.82, 2.24) is 19.6 Å². The Balaban J connectivity index is 1.57. The fraction of sp³-hybridized carbons (Fsp3) is 0.389. The standard InChI is InChI=1S/C18H19N5O/c1-12-9-16(23-17(21-12)19-11-20-23)22-14-10-18(7-4-8-18)24-15-6-3-2-5-13(14)15/h2-3,5-6,9,11,14,22H,4,7-8,10H2,1H3/t14-/m0/s1. The van der Waals surface area contributed by atoms with Gasteiger partial charge in [0.1, 0.15) is 23.5 Å². The van der Waals surface area contributed by atoms with Crippen LogP contribution in [0.5, 0.6) is 5.75 Å². The van der Waals surface area contributed by atoms with Gasteiger partial charge in [-0.05, 0) is 32.3 Å². The van der Waals surface area contributed by atoms with Gasteiger partial charge in [-0.1, -0.05) is 18.2 Å². The number of hydrogen-bond donors (Lipinski definition) is 1. The molecule has 0 unspecified atom stereocenters. The number of aromatic nitrogens is 4. The third kappa shape index (κ3) is 2.06. The molecular formula is C18H19N5O. The second-order valence-corrected chi connectivity index (χ2v) is 6.83. The van der Waals surface area contributed by atoms with Crippen molar-refractivity contribution in [2.75, 3.05) is 5.32 Å². The van der Waals surface area contributed by atoms with Gasteiger partial charge in [-0.2, -0.15) is 14.6 Å². The molecule has 0 bridgehead atoms. The molecule has 6 heteroatoms. The number of aryl methyl sites for hydroxylation is 1. The van der Waals surface area contributed by atoms with Crippen LogP contribution in [0.1, 0.15) is 43.0 Å². The van der Waals surface area contributed by atoms with E-state index in [1.165, 1.54) is 18.3 Å². The number of nitrogens with zero attached hydrogens (tertiary/aromatic N) is 4. The third-order valence-corrected chi connectivity index (χ3v) is 5.16. The molecule has 122 valence electrons. The first-order valence-electron chi connectivity index (χ1n) is 8.44. The van der Waals surface area contributed by atoms with Gasteiger partial charge in [-0.15, -0.1) is 0 Å². The first-order valence-corrected chi connectivity index (χ1v) is 8.44. The molecule has 1 atom stereocenters. The molecule has 1 N–H and O–H groups in total. The Bertz CT molecular complexity index is 915. The SMILES string of the molecule is Cc1cc(N[C@H]2CC3(CCC3)Oc3ccccc32)n2ncnc2n1. The Labute approximate surface area is 139 Å². The summed E-state index contributed by atoms with van der Waals surface area (Å²) in [7, 11) is 0. The molecule has 6 nitrogen and oxygen atoms in total. The quantitative estimate of drug-likeness (QED) is 0.784. The predicted molar refractivity (Wildman–Crippen MR) is 90.2 cm³/mol. The summed E-state index contributed by atoms with van der Waals surface area (Å²) in [4.78, 5) is 8.62. The summed E-state index contributed by atoms with van der Waals surface area (Å²) in [6.45, 7) is 1.98. The van der Waals surface area contributed by atoms with Crippen molar-refractivity contribution in [3.8, 4) is 5.75 Å². The minimum atomic E-state index is -0.00439. The molecule has 1 aromatic carbocycles. The molecule has 1 aliphatic heterocycles. The third-order valence-electron chi connectivity index (χ3n) is 5.16. The van der Waals surface area contributed by atoms with Crippen molar-refractivity contribution in [3.63, 3.8) is 0 Å². The highest BCUT2D eigenvalue weighted by Gasteiger charge is 2.45. The van der Waals surface area contributed by atoms with Gasteiger partial charge in [-0.25, -0.2) is 4.98 Å². The number of fused-ring (bicyclic) bond motifs is 2. The van der Waals surface area contributed by atoms with Crippen LogP contribution in [0, 0.1) is 6.92 Å². The summed E-state index contributed by atoms with van der Waals surface area (Å²) in [6.07, 6.45) is 6.03. The minimum absolute atomic E-state index is 0.00439. The smallest absolute Gasteiger partial charge is 0.254 e. The highest BCUT2D eigenvalue weighted by atomic mass is 16.5. The molecule has 1 spiro atoms. The number of rotatable bonds is 2. The zero-order valence-electron chi connectivity index (χ0n) is 13.6. The molecule has 2 aliphatic rings. The van der Waals surface area contributed by atoms with Gasteiger partial charge in [0.05, 0.1) is 6.04 Å². The number of para-hydroxylation sites is 1. The number of anilines is 1. The molecule has 0 amide bonds. The molecule has 1 fully saturated rings. The van der Waals surface area contributed by atoms with E-state index in [-0.39, 0.29) is 11.6 Å². The fourth-order valence-electron chi connectivity index (χ4n) is 3.84. The average molecular weight is 321 g/mol. The first-order chi connectivity index (χ1) is 11.7. The highest BCUT2D eigenvalue weighted by Crippen LogP contribution is 2.49. The molecule has 0 radical (unpaired) electrons. The number of ether oxygens (including phenoxy) is 1. The lowest BCUT2D eigenvalue weighted by Crippen LogP contribution is -2.48. The second kappa shape index (κ2) is 4.93. The van der Waals surface area contributed by atoms with Crippen LogP contribution in [0.3, 0.4) is 0 Å². The Morgan fingerprint density at radius 3 is 3.00 bits per heavy atom. The average Bonchev–Trinajstić information content (AvgIpc) is 3.01. The molecule has 2 aromatic heterocycles. The second-order valence-electron chi connectivity index (χ2n) is 6.83. The van der Waals surface area contributed by atoms with Gasteiger partial charge in [0.15, 0.2) is 0 Å². The molecule has 1 saturated carbocycles. The van der Waals surface area contributed by atoms with Gasteiger partial charge in [0.2, 0.25) is 0 Å². The number of nitrogens with one attached hydrogen (secondary N) is 1. The van der Waals surface area contributed by atoms with E-state index < -0.39 is 0 Å². The van der Waals surface area contributed by atoms with Crippen LogP contribution in [-0.2, 0) is 0 Å². The Kier molecular flexibility index (Phi) is 2.83. The van der Waals surface area contributed by atoms with E-state index in [2.05, 4.69) is 38.6 Å². The van der Waals surface area contributed by atoms with Crippen LogP contribution in [-0.4, -0.2) is 25.2 Å². The topological polar surface area (TPSA) is 64.3 Å². The van der Waals surface area contributed by atoms with Crippen LogP contribution in [0.15, 0.2) is 36.7 Å². The van der Waals surface area contributed by atoms with E-state index in [0.717, 1.165) is 36.5 Å². The summed E-state index contributed by atoms with van der Waals surface area (Å²) in [5, 5.41) is 7.97. The van der Waals surface area contributed by atoms with E-state index in [0.29, 0.717) is 5.78 Å². The van der Waals surface area contributed by atoms with E-state index >= 15 is 0 Å². The molecule has 1 aliphatic carbocycles. The van der Waals surface area contributed by atoms with E-state index in [4.69, 9.17) is 4.74 Å². The van der Waals surface area contributed by atoms with Crippen LogP contribution < -0.4 is 10.1 Å². The van der Waals surface area contributed by atoms with Gasteiger partial charge in [0, 0.05) is 23.7 Å². The maximum atomic E-state index is 6.33. The van der Waals surface area contributed by atoms with E-state index in [1.54, 1.807) is 4.52 Å². The highest BCUT2D eigenvalue weighted by molar-refractivity contribution is 5.49. The van der Waals surface area contributed by atoms with Crippen molar-refractivity contribution in [2.45, 2.75) is 44.2 Å². The maximum Gasteiger partial charge on any atom is 0.254 e. The molecular weight excluding hydrogens is 302 g/mol. The lowest BCUT2D eigenvalue weighted by atomic mass is 9.73. The van der Waals surface area contributed by atoms with Crippen molar-refractivity contribution >= 4 is 11.6 Å². The molecule has 24 heavy (non-hydrogen) atoms. The first kappa shape index (κ1) is 13.8. The maximum absolute atomic E-state index is 6.33. The summed E-state index contributed by atoms with van der Waals surface area (Å²) < 4.78 is 8.09. The Morgan fingerprint density at radius 1 is 1.29 bits per heavy atom. The van der Waals surface area contributed by atoms with Crippen molar-refractivity contribution < 1.29 is 4.74 Å². The van der Waals surface area contributed by atoms with Gasteiger partial charge >= 0.3 is 0 Å². The largest absolute Gasteiger partial charge is 0.487 e. The minimum Gasteiger partial charge on any atom is -0.487 e. The number of benzene rings is 1. The lowest BCUT2D eigenvalue weighted by molar-refractivity contribution is -0.0309. The fourth-order valence-corrected chi connectivity index (χ4v) is 3.84. The van der Waals surface area contributed by atoms with Crippen LogP contribution >= 0.6 is 0 Å². The monoisotopic (exact) mass is 321 g/mol. The summed E-state index contributed by atoms with van der Waals surface area (Å²) in [6, 6.07) is 10.5. The van der Waals surface area contributed by atoms with Crippen LogP contribution in [0.25, 0.3) is 5.78 Å². The van der Waals surface area contributed by atoms with E-state index in [1.807, 2.05) is 19.1 Å². The van der Waals surface area contributed by atoms with Crippen molar-refractivity contribution in [3.05, 3.63) is 47.9 Å². The molecule has 5 rings (SSSR count). The lowest BCUT2D eigenvalue weighted by Gasteiger charge is -2.48. The van der Waals surface area contributed by atoms with Gasteiger partial charge in [0.25, 0.3) is 5.78 Å². The van der Waals surface area contributed by atoms with Crippen molar-refractivity contribution in [2.24, 2.45) is 0 Å². The van der Waals surface area contributed by atoms with Crippen molar-refractivity contribution in [1.29, 1.82) is 0 Å². The Hall–Kier alpha value is -2.63. The molecule has 3 aromatic rings. The van der Waals surface area contributed by atoms with Gasteiger partial charge in [-0.3, -0.25) is 0 Å². The van der Waals surface area contributed by atoms with E-state index in [9.17, 15) is 0 Å². The summed E-state index contributed by atoms with van der Waals surface area (Å²) in [5.41, 5.74) is 2.13. The molecule has 3 heterocycles. The predicted octanol–water partition coefficient (Wildman–Crippen LogP) is 3.29. The summed E-state index contributed by atoms with van der Waals surface area (Å²) >= 11 is 0. The number of hydrogen-bond acceptors (Lipinski definition) is 5. The normalized spacial score (nSPS) is 21.1. The van der Waals surface area contributed by atoms with Crippen LogP contribution in [0.2, 0.25) is 0 Å². The zero-order valence-corrected chi connectivity index (χ0v) is 13.6. The van der Waals surface area contributed by atoms with Crippen LogP contribution in [0.4, 0.5) is 5.82 Å². The Morgan fingerprint density at radius 2 is 2.17 bits per heavy atom. The summed E-state index contributed by atoms with van der Waals surface area (Å²) in [5.74, 6) is 2.55. The molecule has 0 saturated heterocycles. The zero-order chi connectivity index (χ0) is 16.1.